The predicted octanol–water partition coefficient (Wildman–Crippen LogP) is 1.98. The molecule has 26 heavy (non-hydrogen) atoms. The van der Waals surface area contributed by atoms with Gasteiger partial charge in [0.05, 0.1) is 24.7 Å². The number of hydrogen-bond donors (Lipinski definition) is 3. The molecular weight excluding hydrogens is 359 g/mol. The summed E-state index contributed by atoms with van der Waals surface area (Å²) in [6, 6.07) is 4.52. The Kier molecular flexibility index (Phi) is 5.61. The first kappa shape index (κ1) is 18.1. The van der Waals surface area contributed by atoms with E-state index in [2.05, 4.69) is 25.9 Å². The molecule has 1 aliphatic rings. The number of oxime groups is 1. The van der Waals surface area contributed by atoms with Crippen LogP contribution in [0.5, 0.6) is 0 Å². The van der Waals surface area contributed by atoms with Crippen molar-refractivity contribution in [2.75, 3.05) is 25.1 Å². The molecule has 2 aromatic rings. The highest BCUT2D eigenvalue weighted by Gasteiger charge is 2.22. The Hall–Kier alpha value is -2.75. The molecule has 0 bridgehead atoms. The lowest BCUT2D eigenvalue weighted by Crippen LogP contribution is -2.34. The number of aromatic amines is 1. The van der Waals surface area contributed by atoms with Gasteiger partial charge in [0.2, 0.25) is 0 Å². The van der Waals surface area contributed by atoms with Crippen LogP contribution in [0.3, 0.4) is 0 Å². The number of nitrogens with one attached hydrogen (secondary N) is 2. The molecule has 2 heterocycles. The maximum Gasteiger partial charge on any atom is 0.257 e. The van der Waals surface area contributed by atoms with Gasteiger partial charge < -0.3 is 20.2 Å². The second kappa shape index (κ2) is 8.09. The number of hydrogen-bond acceptors (Lipinski definition) is 7. The second-order valence-corrected chi connectivity index (χ2v) is 6.20. The lowest BCUT2D eigenvalue weighted by atomic mass is 10.0. The highest BCUT2D eigenvalue weighted by Crippen LogP contribution is 2.28. The minimum absolute atomic E-state index is 0.175. The van der Waals surface area contributed by atoms with Crippen LogP contribution in [0.1, 0.15) is 30.1 Å². The third kappa shape index (κ3) is 3.90. The molecular formula is C16H19FN6O2S. The van der Waals surface area contributed by atoms with Gasteiger partial charge in [0.15, 0.2) is 0 Å². The normalized spacial score (nSPS) is 15.5. The first-order valence-corrected chi connectivity index (χ1v) is 8.47. The SMILES string of the molecule is COC(=S)NC(c1ccc(N2CCC(=NO)CC2)c(F)c1)c1cn[nH]n1. The Labute approximate surface area is 155 Å². The van der Waals surface area contributed by atoms with Crippen LogP contribution in [-0.4, -0.2) is 51.7 Å². The van der Waals surface area contributed by atoms with E-state index in [0.717, 1.165) is 5.71 Å². The molecule has 3 N–H and O–H groups in total. The van der Waals surface area contributed by atoms with Crippen LogP contribution in [0.25, 0.3) is 0 Å². The topological polar surface area (TPSA) is 98.7 Å². The zero-order valence-electron chi connectivity index (χ0n) is 14.1. The molecule has 1 aromatic carbocycles. The molecule has 1 unspecified atom stereocenters. The van der Waals surface area contributed by atoms with Crippen LogP contribution >= 0.6 is 12.2 Å². The smallest absolute Gasteiger partial charge is 0.257 e. The van der Waals surface area contributed by atoms with Crippen molar-refractivity contribution in [2.24, 2.45) is 5.16 Å². The molecule has 1 atom stereocenters. The molecule has 3 rings (SSSR count). The van der Waals surface area contributed by atoms with Gasteiger partial charge in [0.25, 0.3) is 5.17 Å². The van der Waals surface area contributed by atoms with Gasteiger partial charge in [-0.3, -0.25) is 0 Å². The number of methoxy groups -OCH3 is 1. The third-order valence-electron chi connectivity index (χ3n) is 4.30. The van der Waals surface area contributed by atoms with Crippen LogP contribution in [0, 0.1) is 5.82 Å². The third-order valence-corrected chi connectivity index (χ3v) is 4.59. The number of thiocarbonyl (C=S) groups is 1. The fourth-order valence-corrected chi connectivity index (χ4v) is 3.04. The van der Waals surface area contributed by atoms with Gasteiger partial charge in [0, 0.05) is 25.9 Å². The first-order chi connectivity index (χ1) is 12.6. The molecule has 1 saturated heterocycles. The number of ether oxygens (including phenoxy) is 1. The minimum Gasteiger partial charge on any atom is -0.474 e. The molecule has 0 amide bonds. The van der Waals surface area contributed by atoms with Gasteiger partial charge in [-0.1, -0.05) is 11.2 Å². The molecule has 0 aliphatic carbocycles. The standard InChI is InChI=1S/C16H19FN6O2S/c1-25-16(26)19-15(13-9-18-22-20-13)10-2-3-14(12(17)8-10)23-6-4-11(21-24)5-7-23/h2-3,8-9,15,24H,4-7H2,1H3,(H,19,26)(H,18,20,22). The first-order valence-electron chi connectivity index (χ1n) is 8.06. The van der Waals surface area contributed by atoms with Crippen molar-refractivity contribution in [1.29, 1.82) is 0 Å². The summed E-state index contributed by atoms with van der Waals surface area (Å²) in [5.74, 6) is -0.342. The number of H-pyrrole nitrogens is 1. The molecule has 0 radical (unpaired) electrons. The van der Waals surface area contributed by atoms with Gasteiger partial charge >= 0.3 is 0 Å². The lowest BCUT2D eigenvalue weighted by Gasteiger charge is -2.30. The van der Waals surface area contributed by atoms with E-state index in [9.17, 15) is 4.39 Å². The Bertz CT molecular complexity index is 788. The van der Waals surface area contributed by atoms with E-state index in [4.69, 9.17) is 22.2 Å². The molecule has 1 aliphatic heterocycles. The summed E-state index contributed by atoms with van der Waals surface area (Å²) in [6.07, 6.45) is 2.77. The van der Waals surface area contributed by atoms with Crippen molar-refractivity contribution in [1.82, 2.24) is 20.7 Å². The molecule has 1 aromatic heterocycles. The van der Waals surface area contributed by atoms with E-state index >= 15 is 0 Å². The van der Waals surface area contributed by atoms with Crippen LogP contribution < -0.4 is 10.2 Å². The summed E-state index contributed by atoms with van der Waals surface area (Å²) < 4.78 is 19.8. The van der Waals surface area contributed by atoms with E-state index in [1.165, 1.54) is 13.2 Å². The summed E-state index contributed by atoms with van der Waals surface area (Å²) in [4.78, 5) is 1.94. The zero-order chi connectivity index (χ0) is 18.5. The quantitative estimate of drug-likeness (QED) is 0.425. The molecule has 138 valence electrons. The van der Waals surface area contributed by atoms with Crippen molar-refractivity contribution in [3.63, 3.8) is 0 Å². The van der Waals surface area contributed by atoms with Crippen LogP contribution in [0.2, 0.25) is 0 Å². The average Bonchev–Trinajstić information content (AvgIpc) is 3.20. The number of anilines is 1. The van der Waals surface area contributed by atoms with E-state index in [-0.39, 0.29) is 11.0 Å². The number of piperidine rings is 1. The maximum absolute atomic E-state index is 14.8. The highest BCUT2D eigenvalue weighted by molar-refractivity contribution is 7.80. The number of rotatable bonds is 4. The zero-order valence-corrected chi connectivity index (χ0v) is 15.0. The summed E-state index contributed by atoms with van der Waals surface area (Å²) in [7, 11) is 1.46. The van der Waals surface area contributed by atoms with Crippen molar-refractivity contribution in [3.05, 3.63) is 41.5 Å². The fourth-order valence-electron chi connectivity index (χ4n) is 2.92. The summed E-state index contributed by atoms with van der Waals surface area (Å²) in [6.45, 7) is 1.21. The van der Waals surface area contributed by atoms with Gasteiger partial charge in [-0.2, -0.15) is 15.4 Å². The van der Waals surface area contributed by atoms with Gasteiger partial charge in [0.1, 0.15) is 17.6 Å². The van der Waals surface area contributed by atoms with Crippen LogP contribution in [0.4, 0.5) is 10.1 Å². The Morgan fingerprint density at radius 2 is 2.23 bits per heavy atom. The Morgan fingerprint density at radius 1 is 1.46 bits per heavy atom. The van der Waals surface area contributed by atoms with Crippen molar-refractivity contribution >= 4 is 28.8 Å². The summed E-state index contributed by atoms with van der Waals surface area (Å²) in [5, 5.41) is 25.6. The molecule has 1 fully saturated rings. The van der Waals surface area contributed by atoms with Crippen molar-refractivity contribution in [3.8, 4) is 0 Å². The van der Waals surface area contributed by atoms with Gasteiger partial charge in [-0.15, -0.1) is 0 Å². The summed E-state index contributed by atoms with van der Waals surface area (Å²) >= 11 is 5.06. The van der Waals surface area contributed by atoms with Crippen LogP contribution in [-0.2, 0) is 4.74 Å². The molecule has 8 nitrogen and oxygen atoms in total. The van der Waals surface area contributed by atoms with Crippen LogP contribution in [0.15, 0.2) is 29.6 Å². The average molecular weight is 378 g/mol. The minimum atomic E-state index is -0.487. The van der Waals surface area contributed by atoms with E-state index in [0.29, 0.717) is 42.9 Å². The van der Waals surface area contributed by atoms with Crippen molar-refractivity contribution < 1.29 is 14.3 Å². The number of benzene rings is 1. The van der Waals surface area contributed by atoms with Crippen molar-refractivity contribution in [2.45, 2.75) is 18.9 Å². The number of nitrogens with zero attached hydrogens (tertiary/aromatic N) is 4. The second-order valence-electron chi connectivity index (χ2n) is 5.83. The molecule has 10 heteroatoms. The maximum atomic E-state index is 14.8. The monoisotopic (exact) mass is 378 g/mol. The van der Waals surface area contributed by atoms with E-state index in [1.54, 1.807) is 12.3 Å². The summed E-state index contributed by atoms with van der Waals surface area (Å²) in [5.41, 5.74) is 2.47. The van der Waals surface area contributed by atoms with Gasteiger partial charge in [-0.25, -0.2) is 4.39 Å². The Morgan fingerprint density at radius 3 is 2.81 bits per heavy atom. The number of halogens is 1. The number of aromatic nitrogens is 3. The predicted molar refractivity (Wildman–Crippen MR) is 98.0 cm³/mol. The van der Waals surface area contributed by atoms with E-state index in [1.807, 2.05) is 11.0 Å². The highest BCUT2D eigenvalue weighted by atomic mass is 32.1. The fraction of sp³-hybridized carbons (Fsp3) is 0.375. The molecule has 0 spiro atoms. The molecule has 0 saturated carbocycles. The largest absolute Gasteiger partial charge is 0.474 e. The lowest BCUT2D eigenvalue weighted by molar-refractivity contribution is 0.315. The van der Waals surface area contributed by atoms with E-state index < -0.39 is 6.04 Å². The Balaban J connectivity index is 1.83. The van der Waals surface area contributed by atoms with Gasteiger partial charge in [-0.05, 0) is 29.9 Å².